The molecule has 1 aromatic heterocycles. The highest BCUT2D eigenvalue weighted by Crippen LogP contribution is 2.31. The topological polar surface area (TPSA) is 46.9 Å². The quantitative estimate of drug-likeness (QED) is 0.899. The van der Waals surface area contributed by atoms with Gasteiger partial charge < -0.3 is 0 Å². The minimum atomic E-state index is 0.0620. The van der Waals surface area contributed by atoms with Gasteiger partial charge in [0.15, 0.2) is 0 Å². The lowest BCUT2D eigenvalue weighted by Crippen LogP contribution is -2.27. The van der Waals surface area contributed by atoms with Crippen molar-refractivity contribution in [3.8, 4) is 0 Å². The highest BCUT2D eigenvalue weighted by Gasteiger charge is 2.33. The number of rotatable bonds is 2. The molecule has 3 rings (SSSR count). The lowest BCUT2D eigenvalue weighted by atomic mass is 10.0. The Balaban J connectivity index is 2.32. The Labute approximate surface area is 112 Å². The fourth-order valence-corrected chi connectivity index (χ4v) is 2.83. The van der Waals surface area contributed by atoms with E-state index in [1.54, 1.807) is 0 Å². The van der Waals surface area contributed by atoms with E-state index in [2.05, 4.69) is 26.1 Å². The summed E-state index contributed by atoms with van der Waals surface area (Å²) in [4.78, 5) is 17.4. The third-order valence-electron chi connectivity index (χ3n) is 3.85. The molecule has 0 aliphatic carbocycles. The van der Waals surface area contributed by atoms with E-state index in [-0.39, 0.29) is 17.8 Å². The van der Waals surface area contributed by atoms with E-state index in [0.717, 1.165) is 17.8 Å². The smallest absolute Gasteiger partial charge is 0.262 e. The van der Waals surface area contributed by atoms with E-state index in [9.17, 15) is 4.79 Å². The number of para-hydroxylation sites is 1. The first-order chi connectivity index (χ1) is 9.13. The largest absolute Gasteiger partial charge is 0.287 e. The molecule has 0 saturated carbocycles. The van der Waals surface area contributed by atoms with E-state index in [4.69, 9.17) is 4.98 Å². The average Bonchev–Trinajstić information content (AvgIpc) is 2.78. The average molecular weight is 257 g/mol. The van der Waals surface area contributed by atoms with E-state index < -0.39 is 0 Å². The van der Waals surface area contributed by atoms with Gasteiger partial charge in [0.25, 0.3) is 5.56 Å². The molecule has 1 aliphatic rings. The van der Waals surface area contributed by atoms with Crippen LogP contribution in [0.15, 0.2) is 29.1 Å². The van der Waals surface area contributed by atoms with Crippen molar-refractivity contribution in [2.75, 3.05) is 0 Å². The van der Waals surface area contributed by atoms with Gasteiger partial charge in [0.05, 0.1) is 23.1 Å². The Bertz CT molecular complexity index is 675. The van der Waals surface area contributed by atoms with Gasteiger partial charge in [0.2, 0.25) is 0 Å². The minimum absolute atomic E-state index is 0.0620. The molecule has 0 bridgehead atoms. The second-order valence-corrected chi connectivity index (χ2v) is 5.47. The Morgan fingerprint density at radius 2 is 2.11 bits per heavy atom. The van der Waals surface area contributed by atoms with Crippen LogP contribution in [0.1, 0.15) is 45.2 Å². The van der Waals surface area contributed by atoms with E-state index in [1.807, 2.05) is 28.8 Å². The van der Waals surface area contributed by atoms with Crippen molar-refractivity contribution in [1.82, 2.24) is 14.9 Å². The molecule has 1 unspecified atom stereocenters. The molecule has 0 radical (unpaired) electrons. The SMILES string of the molecule is CCC1N[C@H](C(C)C)c2nc3ccccc3c(=O)n21. The molecule has 0 fully saturated rings. The van der Waals surface area contributed by atoms with Crippen molar-refractivity contribution in [1.29, 1.82) is 0 Å². The molecule has 0 saturated heterocycles. The number of nitrogens with one attached hydrogen (secondary N) is 1. The first-order valence-corrected chi connectivity index (χ1v) is 6.90. The van der Waals surface area contributed by atoms with Gasteiger partial charge in [-0.1, -0.05) is 32.9 Å². The summed E-state index contributed by atoms with van der Waals surface area (Å²) in [6.45, 7) is 6.40. The van der Waals surface area contributed by atoms with E-state index in [1.165, 1.54) is 0 Å². The molecule has 100 valence electrons. The van der Waals surface area contributed by atoms with E-state index >= 15 is 0 Å². The second kappa shape index (κ2) is 4.46. The second-order valence-electron chi connectivity index (χ2n) is 5.47. The zero-order valence-corrected chi connectivity index (χ0v) is 11.6. The Kier molecular flexibility index (Phi) is 2.90. The highest BCUT2D eigenvalue weighted by atomic mass is 16.1. The number of hydrogen-bond donors (Lipinski definition) is 1. The summed E-state index contributed by atoms with van der Waals surface area (Å²) >= 11 is 0. The van der Waals surface area contributed by atoms with Crippen molar-refractivity contribution in [3.05, 3.63) is 40.4 Å². The van der Waals surface area contributed by atoms with Crippen LogP contribution >= 0.6 is 0 Å². The van der Waals surface area contributed by atoms with Crippen molar-refractivity contribution in [3.63, 3.8) is 0 Å². The van der Waals surface area contributed by atoms with Crippen LogP contribution in [0.2, 0.25) is 0 Å². The molecule has 2 aromatic rings. The van der Waals surface area contributed by atoms with Crippen LogP contribution < -0.4 is 10.9 Å². The van der Waals surface area contributed by atoms with Crippen molar-refractivity contribution >= 4 is 10.9 Å². The Morgan fingerprint density at radius 1 is 1.37 bits per heavy atom. The molecule has 2 heterocycles. The Morgan fingerprint density at radius 3 is 2.79 bits per heavy atom. The summed E-state index contributed by atoms with van der Waals surface area (Å²) in [7, 11) is 0. The highest BCUT2D eigenvalue weighted by molar-refractivity contribution is 5.77. The standard InChI is InChI=1S/C15H19N3O/c1-4-12-17-13(9(2)3)14-16-11-8-6-5-7-10(11)15(19)18(12)14/h5-9,12-13,17H,4H2,1-3H3/t12?,13-/m1/s1. The number of aromatic nitrogens is 2. The van der Waals surface area contributed by atoms with Gasteiger partial charge in [0.1, 0.15) is 5.82 Å². The maximum absolute atomic E-state index is 12.6. The maximum Gasteiger partial charge on any atom is 0.262 e. The molecule has 2 atom stereocenters. The Hall–Kier alpha value is -1.68. The van der Waals surface area contributed by atoms with Crippen LogP contribution in [0.25, 0.3) is 10.9 Å². The molecule has 0 spiro atoms. The predicted molar refractivity (Wildman–Crippen MR) is 76.0 cm³/mol. The molecular weight excluding hydrogens is 238 g/mol. The van der Waals surface area contributed by atoms with Crippen LogP contribution in [0.3, 0.4) is 0 Å². The monoisotopic (exact) mass is 257 g/mol. The van der Waals surface area contributed by atoms with Gasteiger partial charge in [-0.15, -0.1) is 0 Å². The normalized spacial score (nSPS) is 22.1. The molecule has 19 heavy (non-hydrogen) atoms. The summed E-state index contributed by atoms with van der Waals surface area (Å²) < 4.78 is 1.84. The van der Waals surface area contributed by atoms with Gasteiger partial charge in [-0.25, -0.2) is 4.98 Å². The fourth-order valence-electron chi connectivity index (χ4n) is 2.83. The number of benzene rings is 1. The van der Waals surface area contributed by atoms with Crippen LogP contribution in [-0.4, -0.2) is 9.55 Å². The van der Waals surface area contributed by atoms with Crippen LogP contribution in [0.5, 0.6) is 0 Å². The number of hydrogen-bond acceptors (Lipinski definition) is 3. The van der Waals surface area contributed by atoms with Gasteiger partial charge in [-0.3, -0.25) is 14.7 Å². The molecule has 1 aromatic carbocycles. The molecule has 1 N–H and O–H groups in total. The lowest BCUT2D eigenvalue weighted by molar-refractivity contribution is 0.366. The summed E-state index contributed by atoms with van der Waals surface area (Å²) in [5.74, 6) is 1.29. The van der Waals surface area contributed by atoms with Gasteiger partial charge in [0, 0.05) is 0 Å². The zero-order chi connectivity index (χ0) is 13.6. The maximum atomic E-state index is 12.6. The number of fused-ring (bicyclic) bond motifs is 2. The van der Waals surface area contributed by atoms with Crippen molar-refractivity contribution in [2.24, 2.45) is 5.92 Å². The van der Waals surface area contributed by atoms with Crippen LogP contribution in [0.4, 0.5) is 0 Å². The first kappa shape index (κ1) is 12.4. The first-order valence-electron chi connectivity index (χ1n) is 6.90. The third-order valence-corrected chi connectivity index (χ3v) is 3.85. The lowest BCUT2D eigenvalue weighted by Gasteiger charge is -2.15. The summed E-state index contributed by atoms with van der Waals surface area (Å²) in [6, 6.07) is 7.74. The summed E-state index contributed by atoms with van der Waals surface area (Å²) in [5, 5.41) is 4.23. The molecule has 4 nitrogen and oxygen atoms in total. The molecule has 4 heteroatoms. The predicted octanol–water partition coefficient (Wildman–Crippen LogP) is 2.61. The van der Waals surface area contributed by atoms with Crippen molar-refractivity contribution < 1.29 is 0 Å². The molecule has 1 aliphatic heterocycles. The minimum Gasteiger partial charge on any atom is -0.287 e. The molecular formula is C15H19N3O. The van der Waals surface area contributed by atoms with Gasteiger partial charge in [-0.05, 0) is 24.5 Å². The zero-order valence-electron chi connectivity index (χ0n) is 11.6. The van der Waals surface area contributed by atoms with E-state index in [0.29, 0.717) is 11.3 Å². The summed E-state index contributed by atoms with van der Waals surface area (Å²) in [6.07, 6.45) is 0.947. The number of nitrogens with zero attached hydrogens (tertiary/aromatic N) is 2. The van der Waals surface area contributed by atoms with Crippen LogP contribution in [0, 0.1) is 5.92 Å². The third kappa shape index (κ3) is 1.78. The van der Waals surface area contributed by atoms with Gasteiger partial charge in [-0.2, -0.15) is 0 Å². The van der Waals surface area contributed by atoms with Gasteiger partial charge >= 0.3 is 0 Å². The van der Waals surface area contributed by atoms with Crippen LogP contribution in [-0.2, 0) is 0 Å². The molecule has 0 amide bonds. The summed E-state index contributed by atoms with van der Waals surface area (Å²) in [5.41, 5.74) is 0.867. The fraction of sp³-hybridized carbons (Fsp3) is 0.467. The van der Waals surface area contributed by atoms with Crippen molar-refractivity contribution in [2.45, 2.75) is 39.4 Å².